The number of carbonyl (C=O) groups excluding carboxylic acids is 1. The van der Waals surface area contributed by atoms with Crippen LogP contribution in [0.2, 0.25) is 0 Å². The van der Waals surface area contributed by atoms with Crippen molar-refractivity contribution in [3.05, 3.63) is 0 Å². The Labute approximate surface area is 79.6 Å². The Morgan fingerprint density at radius 1 is 1.69 bits per heavy atom. The number of amides is 1. The molecule has 13 heavy (non-hydrogen) atoms. The molecular formula is C10H19NO2. The summed E-state index contributed by atoms with van der Waals surface area (Å²) in [5, 5.41) is 0. The van der Waals surface area contributed by atoms with Crippen LogP contribution in [0.1, 0.15) is 33.1 Å². The third kappa shape index (κ3) is 3.35. The van der Waals surface area contributed by atoms with E-state index in [0.29, 0.717) is 12.0 Å². The quantitative estimate of drug-likeness (QED) is 0.718. The molecular weight excluding hydrogens is 166 g/mol. The zero-order valence-corrected chi connectivity index (χ0v) is 8.45. The van der Waals surface area contributed by atoms with Crippen LogP contribution in [0.15, 0.2) is 0 Å². The summed E-state index contributed by atoms with van der Waals surface area (Å²) < 4.78 is 5.54. The highest BCUT2D eigenvalue weighted by molar-refractivity contribution is 5.76. The van der Waals surface area contributed by atoms with E-state index in [9.17, 15) is 4.79 Å². The van der Waals surface area contributed by atoms with Gasteiger partial charge in [0.15, 0.2) is 0 Å². The maximum absolute atomic E-state index is 10.7. The van der Waals surface area contributed by atoms with Crippen molar-refractivity contribution >= 4 is 5.91 Å². The van der Waals surface area contributed by atoms with E-state index < -0.39 is 0 Å². The van der Waals surface area contributed by atoms with Gasteiger partial charge in [-0.1, -0.05) is 13.8 Å². The van der Waals surface area contributed by atoms with E-state index in [1.807, 2.05) is 6.92 Å². The summed E-state index contributed by atoms with van der Waals surface area (Å²) in [6.07, 6.45) is 3.31. The Kier molecular flexibility index (Phi) is 3.72. The van der Waals surface area contributed by atoms with Crippen molar-refractivity contribution in [3.8, 4) is 0 Å². The molecule has 1 heterocycles. The van der Waals surface area contributed by atoms with Crippen molar-refractivity contribution in [1.29, 1.82) is 0 Å². The van der Waals surface area contributed by atoms with Gasteiger partial charge in [-0.3, -0.25) is 4.79 Å². The lowest BCUT2D eigenvalue weighted by Gasteiger charge is -2.11. The van der Waals surface area contributed by atoms with Crippen LogP contribution in [0.4, 0.5) is 0 Å². The lowest BCUT2D eigenvalue weighted by Crippen LogP contribution is -2.21. The molecule has 1 unspecified atom stereocenters. The minimum Gasteiger partial charge on any atom is -0.378 e. The summed E-state index contributed by atoms with van der Waals surface area (Å²) in [6, 6.07) is 0. The third-order valence-corrected chi connectivity index (χ3v) is 2.69. The second-order valence-electron chi connectivity index (χ2n) is 4.18. The second-order valence-corrected chi connectivity index (χ2v) is 4.18. The molecule has 0 aromatic carbocycles. The molecule has 0 spiro atoms. The average Bonchev–Trinajstić information content (AvgIpc) is 2.47. The third-order valence-electron chi connectivity index (χ3n) is 2.69. The predicted octanol–water partition coefficient (Wildman–Crippen LogP) is 1.31. The first kappa shape index (κ1) is 10.5. The molecule has 0 aromatic rings. The fourth-order valence-corrected chi connectivity index (χ4v) is 1.66. The van der Waals surface area contributed by atoms with Gasteiger partial charge in [0.05, 0.1) is 6.10 Å². The van der Waals surface area contributed by atoms with E-state index >= 15 is 0 Å². The Balaban J connectivity index is 2.16. The van der Waals surface area contributed by atoms with Gasteiger partial charge in [0.1, 0.15) is 0 Å². The number of hydrogen-bond acceptors (Lipinski definition) is 2. The van der Waals surface area contributed by atoms with Crippen LogP contribution in [0, 0.1) is 11.8 Å². The molecule has 0 aromatic heterocycles. The van der Waals surface area contributed by atoms with Crippen molar-refractivity contribution in [2.24, 2.45) is 17.6 Å². The van der Waals surface area contributed by atoms with Gasteiger partial charge in [-0.2, -0.15) is 0 Å². The van der Waals surface area contributed by atoms with Gasteiger partial charge in [-0.05, 0) is 25.2 Å². The monoisotopic (exact) mass is 185 g/mol. The fraction of sp³-hybridized carbons (Fsp3) is 0.900. The molecule has 3 heteroatoms. The molecule has 0 aliphatic carbocycles. The maximum Gasteiger partial charge on any atom is 0.220 e. The SMILES string of the molecule is C[C@H]1COC(CC[C@H](C)C(N)=O)C1. The molecule has 3 atom stereocenters. The Hall–Kier alpha value is -0.570. The highest BCUT2D eigenvalue weighted by Crippen LogP contribution is 2.23. The van der Waals surface area contributed by atoms with Crippen LogP contribution in [0.5, 0.6) is 0 Å². The lowest BCUT2D eigenvalue weighted by molar-refractivity contribution is -0.121. The molecule has 1 saturated heterocycles. The second kappa shape index (κ2) is 4.61. The number of nitrogens with two attached hydrogens (primary N) is 1. The summed E-state index contributed by atoms with van der Waals surface area (Å²) in [4.78, 5) is 10.7. The molecule has 3 nitrogen and oxygen atoms in total. The number of hydrogen-bond donors (Lipinski definition) is 1. The Bertz CT molecular complexity index is 182. The van der Waals surface area contributed by atoms with E-state index in [-0.39, 0.29) is 11.8 Å². The highest BCUT2D eigenvalue weighted by Gasteiger charge is 2.22. The van der Waals surface area contributed by atoms with Crippen LogP contribution in [0.25, 0.3) is 0 Å². The van der Waals surface area contributed by atoms with Crippen molar-refractivity contribution in [3.63, 3.8) is 0 Å². The zero-order chi connectivity index (χ0) is 9.84. The first-order valence-corrected chi connectivity index (χ1v) is 5.00. The number of rotatable bonds is 4. The molecule has 1 rings (SSSR count). The summed E-state index contributed by atoms with van der Waals surface area (Å²) in [7, 11) is 0. The van der Waals surface area contributed by atoms with E-state index in [1.54, 1.807) is 0 Å². The summed E-state index contributed by atoms with van der Waals surface area (Å²) in [5.41, 5.74) is 5.17. The van der Waals surface area contributed by atoms with Crippen molar-refractivity contribution in [1.82, 2.24) is 0 Å². The van der Waals surface area contributed by atoms with Gasteiger partial charge in [0.2, 0.25) is 5.91 Å². The van der Waals surface area contributed by atoms with E-state index in [0.717, 1.165) is 25.9 Å². The minimum absolute atomic E-state index is 0.0143. The lowest BCUT2D eigenvalue weighted by atomic mass is 9.99. The molecule has 1 fully saturated rings. The topological polar surface area (TPSA) is 52.3 Å². The number of carbonyl (C=O) groups is 1. The molecule has 0 bridgehead atoms. The van der Waals surface area contributed by atoms with Gasteiger partial charge < -0.3 is 10.5 Å². The van der Waals surface area contributed by atoms with Crippen LogP contribution in [0.3, 0.4) is 0 Å². The number of ether oxygens (including phenoxy) is 1. The smallest absolute Gasteiger partial charge is 0.220 e. The Morgan fingerprint density at radius 2 is 2.38 bits per heavy atom. The predicted molar refractivity (Wildman–Crippen MR) is 51.1 cm³/mol. The highest BCUT2D eigenvalue weighted by atomic mass is 16.5. The standard InChI is InChI=1S/C10H19NO2/c1-7-5-9(13-6-7)4-3-8(2)10(11)12/h7-9H,3-6H2,1-2H3,(H2,11,12)/t7-,8+,9?/m1/s1. The first-order chi connectivity index (χ1) is 6.09. The zero-order valence-electron chi connectivity index (χ0n) is 8.45. The van der Waals surface area contributed by atoms with E-state index in [4.69, 9.17) is 10.5 Å². The minimum atomic E-state index is -0.203. The maximum atomic E-state index is 10.7. The van der Waals surface area contributed by atoms with Crippen LogP contribution in [-0.2, 0) is 9.53 Å². The van der Waals surface area contributed by atoms with Crippen LogP contribution < -0.4 is 5.73 Å². The van der Waals surface area contributed by atoms with Gasteiger partial charge >= 0.3 is 0 Å². The van der Waals surface area contributed by atoms with Gasteiger partial charge in [0, 0.05) is 12.5 Å². The summed E-state index contributed by atoms with van der Waals surface area (Å²) in [6.45, 7) is 4.94. The van der Waals surface area contributed by atoms with Crippen molar-refractivity contribution < 1.29 is 9.53 Å². The van der Waals surface area contributed by atoms with Crippen molar-refractivity contribution in [2.45, 2.75) is 39.2 Å². The van der Waals surface area contributed by atoms with Crippen LogP contribution in [-0.4, -0.2) is 18.6 Å². The fourth-order valence-electron chi connectivity index (χ4n) is 1.66. The van der Waals surface area contributed by atoms with Gasteiger partial charge in [-0.15, -0.1) is 0 Å². The first-order valence-electron chi connectivity index (χ1n) is 5.00. The van der Waals surface area contributed by atoms with Gasteiger partial charge in [0.25, 0.3) is 0 Å². The molecule has 1 aliphatic rings. The summed E-state index contributed by atoms with van der Waals surface area (Å²) in [5.74, 6) is 0.458. The molecule has 76 valence electrons. The largest absolute Gasteiger partial charge is 0.378 e. The molecule has 2 N–H and O–H groups in total. The molecule has 0 saturated carbocycles. The molecule has 0 radical (unpaired) electrons. The van der Waals surface area contributed by atoms with Crippen LogP contribution >= 0.6 is 0 Å². The number of primary amides is 1. The van der Waals surface area contributed by atoms with Gasteiger partial charge in [-0.25, -0.2) is 0 Å². The van der Waals surface area contributed by atoms with E-state index in [1.165, 1.54) is 0 Å². The van der Waals surface area contributed by atoms with Crippen molar-refractivity contribution in [2.75, 3.05) is 6.61 Å². The normalized spacial score (nSPS) is 30.3. The average molecular weight is 185 g/mol. The summed E-state index contributed by atoms with van der Waals surface area (Å²) >= 11 is 0. The molecule has 1 amide bonds. The Morgan fingerprint density at radius 3 is 2.85 bits per heavy atom. The molecule has 1 aliphatic heterocycles. The van der Waals surface area contributed by atoms with E-state index in [2.05, 4.69) is 6.92 Å².